The molecule has 1 aromatic rings. The number of hydrogen-bond acceptors (Lipinski definition) is 4. The van der Waals surface area contributed by atoms with Crippen molar-refractivity contribution in [1.82, 2.24) is 20.2 Å². The summed E-state index contributed by atoms with van der Waals surface area (Å²) in [4.78, 5) is 34.7. The van der Waals surface area contributed by atoms with Crippen LogP contribution in [0.5, 0.6) is 0 Å². The molecule has 1 saturated heterocycles. The third-order valence-corrected chi connectivity index (χ3v) is 5.33. The lowest BCUT2D eigenvalue weighted by molar-refractivity contribution is -0.137. The smallest absolute Gasteiger partial charge is 0.269 e. The highest BCUT2D eigenvalue weighted by atomic mass is 16.2. The molecule has 2 heterocycles. The maximum absolute atomic E-state index is 12.6. The summed E-state index contributed by atoms with van der Waals surface area (Å²) in [5.74, 6) is 0.700. The summed E-state index contributed by atoms with van der Waals surface area (Å²) in [6.45, 7) is 1.58. The monoisotopic (exact) mass is 330 g/mol. The quantitative estimate of drug-likeness (QED) is 0.921. The lowest BCUT2D eigenvalue weighted by atomic mass is 9.86. The van der Waals surface area contributed by atoms with Gasteiger partial charge in [0.15, 0.2) is 0 Å². The largest absolute Gasteiger partial charge is 0.354 e. The van der Waals surface area contributed by atoms with Gasteiger partial charge in [0.2, 0.25) is 5.91 Å². The van der Waals surface area contributed by atoms with Gasteiger partial charge < -0.3 is 10.2 Å². The fourth-order valence-corrected chi connectivity index (χ4v) is 3.85. The maximum atomic E-state index is 12.6. The molecule has 1 aliphatic heterocycles. The van der Waals surface area contributed by atoms with Gasteiger partial charge in [-0.15, -0.1) is 0 Å². The van der Waals surface area contributed by atoms with E-state index in [2.05, 4.69) is 15.3 Å². The van der Waals surface area contributed by atoms with Crippen molar-refractivity contribution >= 4 is 11.8 Å². The van der Waals surface area contributed by atoms with Gasteiger partial charge in [0, 0.05) is 37.7 Å². The van der Waals surface area contributed by atoms with Gasteiger partial charge in [0.1, 0.15) is 12.0 Å². The van der Waals surface area contributed by atoms with Gasteiger partial charge in [-0.2, -0.15) is 0 Å². The molecule has 0 atom stereocenters. The highest BCUT2D eigenvalue weighted by Crippen LogP contribution is 2.30. The van der Waals surface area contributed by atoms with E-state index in [0.29, 0.717) is 17.5 Å². The molecule has 2 fully saturated rings. The second kappa shape index (κ2) is 7.73. The number of nitrogens with zero attached hydrogens (tertiary/aromatic N) is 3. The first-order chi connectivity index (χ1) is 11.7. The Kier molecular flexibility index (Phi) is 5.43. The van der Waals surface area contributed by atoms with Crippen molar-refractivity contribution in [2.45, 2.75) is 50.9 Å². The number of amides is 2. The average molecular weight is 330 g/mol. The zero-order valence-corrected chi connectivity index (χ0v) is 14.3. The minimum atomic E-state index is -0.191. The molecule has 6 heteroatoms. The second-order valence-electron chi connectivity index (χ2n) is 6.84. The molecule has 0 radical (unpaired) electrons. The molecule has 3 rings (SSSR count). The second-order valence-corrected chi connectivity index (χ2v) is 6.84. The number of likely N-dealkylation sites (tertiary alicyclic amines) is 1. The number of nitrogens with one attached hydrogen (secondary N) is 1. The standard InChI is InChI=1S/C18H26N4O2/c1-19-17(23)16-11-15(20-12-21-16)13-7-9-22(10-8-13)18(24)14-5-3-2-4-6-14/h11-14H,2-10H2,1H3,(H,19,23). The minimum absolute atomic E-state index is 0.191. The normalized spacial score (nSPS) is 20.0. The van der Waals surface area contributed by atoms with E-state index in [1.54, 1.807) is 13.1 Å². The summed E-state index contributed by atoms with van der Waals surface area (Å²) in [5.41, 5.74) is 1.32. The Labute approximate surface area is 143 Å². The van der Waals surface area contributed by atoms with Crippen LogP contribution in [-0.4, -0.2) is 46.8 Å². The number of rotatable bonds is 3. The molecule has 1 N–H and O–H groups in total. The Morgan fingerprint density at radius 1 is 1.08 bits per heavy atom. The number of piperidine rings is 1. The Morgan fingerprint density at radius 3 is 2.46 bits per heavy atom. The summed E-state index contributed by atoms with van der Waals surface area (Å²) in [5, 5.41) is 2.59. The van der Waals surface area contributed by atoms with Crippen LogP contribution in [0.2, 0.25) is 0 Å². The summed E-state index contributed by atoms with van der Waals surface area (Å²) >= 11 is 0. The van der Waals surface area contributed by atoms with Gasteiger partial charge >= 0.3 is 0 Å². The Hall–Kier alpha value is -1.98. The van der Waals surface area contributed by atoms with Crippen molar-refractivity contribution in [2.24, 2.45) is 5.92 Å². The first-order valence-corrected chi connectivity index (χ1v) is 9.02. The van der Waals surface area contributed by atoms with Crippen molar-refractivity contribution < 1.29 is 9.59 Å². The van der Waals surface area contributed by atoms with E-state index in [4.69, 9.17) is 0 Å². The van der Waals surface area contributed by atoms with Gasteiger partial charge in [-0.1, -0.05) is 19.3 Å². The summed E-state index contributed by atoms with van der Waals surface area (Å²) in [7, 11) is 1.60. The third-order valence-electron chi connectivity index (χ3n) is 5.33. The van der Waals surface area contributed by atoms with E-state index in [1.165, 1.54) is 25.6 Å². The molecule has 130 valence electrons. The van der Waals surface area contributed by atoms with E-state index >= 15 is 0 Å². The molecule has 0 bridgehead atoms. The highest BCUT2D eigenvalue weighted by Gasteiger charge is 2.30. The molecule has 0 unspecified atom stereocenters. The van der Waals surface area contributed by atoms with Crippen LogP contribution in [0.25, 0.3) is 0 Å². The van der Waals surface area contributed by atoms with E-state index in [0.717, 1.165) is 44.5 Å². The minimum Gasteiger partial charge on any atom is -0.354 e. The van der Waals surface area contributed by atoms with Gasteiger partial charge in [0.05, 0.1) is 0 Å². The van der Waals surface area contributed by atoms with Crippen molar-refractivity contribution in [1.29, 1.82) is 0 Å². The predicted molar refractivity (Wildman–Crippen MR) is 90.6 cm³/mol. The molecule has 1 aliphatic carbocycles. The van der Waals surface area contributed by atoms with E-state index in [9.17, 15) is 9.59 Å². The van der Waals surface area contributed by atoms with Crippen LogP contribution in [-0.2, 0) is 4.79 Å². The van der Waals surface area contributed by atoms with Crippen LogP contribution in [0.1, 0.15) is 67.0 Å². The van der Waals surface area contributed by atoms with Gasteiger partial charge in [0.25, 0.3) is 5.91 Å². The number of hydrogen-bond donors (Lipinski definition) is 1. The summed E-state index contributed by atoms with van der Waals surface area (Å²) < 4.78 is 0. The fourth-order valence-electron chi connectivity index (χ4n) is 3.85. The molecule has 0 spiro atoms. The van der Waals surface area contributed by atoms with Gasteiger partial charge in [-0.25, -0.2) is 9.97 Å². The molecular formula is C18H26N4O2. The zero-order chi connectivity index (χ0) is 16.9. The maximum Gasteiger partial charge on any atom is 0.269 e. The summed E-state index contributed by atoms with van der Waals surface area (Å²) in [6, 6.07) is 1.78. The average Bonchev–Trinajstić information content (AvgIpc) is 2.67. The highest BCUT2D eigenvalue weighted by molar-refractivity contribution is 5.92. The van der Waals surface area contributed by atoms with E-state index in [-0.39, 0.29) is 11.8 Å². The van der Waals surface area contributed by atoms with Crippen LogP contribution >= 0.6 is 0 Å². The summed E-state index contributed by atoms with van der Waals surface area (Å²) in [6.07, 6.45) is 9.03. The molecule has 24 heavy (non-hydrogen) atoms. The number of aromatic nitrogens is 2. The fraction of sp³-hybridized carbons (Fsp3) is 0.667. The van der Waals surface area contributed by atoms with Gasteiger partial charge in [-0.3, -0.25) is 9.59 Å². The molecule has 2 aliphatic rings. The van der Waals surface area contributed by atoms with Crippen molar-refractivity contribution in [3.05, 3.63) is 23.8 Å². The topological polar surface area (TPSA) is 75.2 Å². The lowest BCUT2D eigenvalue weighted by Gasteiger charge is -2.35. The Balaban J connectivity index is 1.58. The van der Waals surface area contributed by atoms with Crippen molar-refractivity contribution in [3.8, 4) is 0 Å². The first kappa shape index (κ1) is 16.9. The van der Waals surface area contributed by atoms with Crippen molar-refractivity contribution in [2.75, 3.05) is 20.1 Å². The van der Waals surface area contributed by atoms with Crippen LogP contribution < -0.4 is 5.32 Å². The lowest BCUT2D eigenvalue weighted by Crippen LogP contribution is -2.42. The van der Waals surface area contributed by atoms with Crippen LogP contribution in [0, 0.1) is 5.92 Å². The first-order valence-electron chi connectivity index (χ1n) is 9.02. The molecule has 6 nitrogen and oxygen atoms in total. The molecular weight excluding hydrogens is 304 g/mol. The number of carbonyl (C=O) groups is 2. The van der Waals surface area contributed by atoms with Crippen LogP contribution in [0.15, 0.2) is 12.4 Å². The molecule has 1 aromatic heterocycles. The van der Waals surface area contributed by atoms with E-state index in [1.807, 2.05) is 4.90 Å². The SMILES string of the molecule is CNC(=O)c1cc(C2CCN(C(=O)C3CCCCC3)CC2)ncn1. The number of carbonyl (C=O) groups excluding carboxylic acids is 2. The van der Waals surface area contributed by atoms with E-state index < -0.39 is 0 Å². The Bertz CT molecular complexity index is 590. The zero-order valence-electron chi connectivity index (χ0n) is 14.3. The third kappa shape index (κ3) is 3.74. The molecule has 0 aromatic carbocycles. The van der Waals surface area contributed by atoms with Crippen molar-refractivity contribution in [3.63, 3.8) is 0 Å². The molecule has 2 amide bonds. The van der Waals surface area contributed by atoms with Crippen LogP contribution in [0.4, 0.5) is 0 Å². The van der Waals surface area contributed by atoms with Gasteiger partial charge in [-0.05, 0) is 31.7 Å². The Morgan fingerprint density at radius 2 is 1.79 bits per heavy atom. The predicted octanol–water partition coefficient (Wildman–Crippen LogP) is 2.12. The molecule has 1 saturated carbocycles. The van der Waals surface area contributed by atoms with Crippen LogP contribution in [0.3, 0.4) is 0 Å².